The first-order valence-corrected chi connectivity index (χ1v) is 7.95. The summed E-state index contributed by atoms with van der Waals surface area (Å²) >= 11 is 0. The fourth-order valence-electron chi connectivity index (χ4n) is 2.53. The molecule has 1 N–H and O–H groups in total. The van der Waals surface area contributed by atoms with Crippen molar-refractivity contribution >= 4 is 17.7 Å². The van der Waals surface area contributed by atoms with Gasteiger partial charge >= 0.3 is 6.03 Å². The summed E-state index contributed by atoms with van der Waals surface area (Å²) in [6.07, 6.45) is 2.86. The molecule has 0 bridgehead atoms. The molecule has 2 aromatic rings. The molecule has 2 amide bonds. The van der Waals surface area contributed by atoms with Crippen molar-refractivity contribution in [1.82, 2.24) is 14.9 Å². The van der Waals surface area contributed by atoms with Crippen LogP contribution in [-0.4, -0.2) is 54.7 Å². The van der Waals surface area contributed by atoms with Gasteiger partial charge in [-0.1, -0.05) is 12.1 Å². The van der Waals surface area contributed by atoms with Crippen molar-refractivity contribution in [3.63, 3.8) is 0 Å². The van der Waals surface area contributed by atoms with Crippen molar-refractivity contribution in [3.05, 3.63) is 48.0 Å². The van der Waals surface area contributed by atoms with Crippen LogP contribution >= 0.6 is 0 Å². The molecule has 0 saturated carbocycles. The standard InChI is InChI=1S/C17H20FN5O2/c1-22(2)16-19-9-14(10-20-16)21-17(24)23-7-8-25-15(11-23)12-3-5-13(18)6-4-12/h3-6,9-10,15H,7-8,11H2,1-2H3,(H,21,24). The van der Waals surface area contributed by atoms with E-state index in [2.05, 4.69) is 15.3 Å². The van der Waals surface area contributed by atoms with Crippen LogP contribution in [0.15, 0.2) is 36.7 Å². The number of rotatable bonds is 3. The van der Waals surface area contributed by atoms with E-state index < -0.39 is 0 Å². The van der Waals surface area contributed by atoms with Crippen LogP contribution in [0.2, 0.25) is 0 Å². The number of urea groups is 1. The third-order valence-corrected chi connectivity index (χ3v) is 3.88. The van der Waals surface area contributed by atoms with Gasteiger partial charge in [-0.3, -0.25) is 0 Å². The number of hydrogen-bond acceptors (Lipinski definition) is 5. The highest BCUT2D eigenvalue weighted by atomic mass is 19.1. The zero-order valence-corrected chi connectivity index (χ0v) is 14.1. The predicted octanol–water partition coefficient (Wildman–Crippen LogP) is 2.29. The molecule has 3 rings (SSSR count). The number of morpholine rings is 1. The highest BCUT2D eigenvalue weighted by molar-refractivity contribution is 5.89. The molecule has 0 radical (unpaired) electrons. The maximum Gasteiger partial charge on any atom is 0.322 e. The van der Waals surface area contributed by atoms with Crippen molar-refractivity contribution in [1.29, 1.82) is 0 Å². The van der Waals surface area contributed by atoms with Crippen LogP contribution in [0.25, 0.3) is 0 Å². The molecule has 1 aliphatic rings. The third kappa shape index (κ3) is 4.21. The summed E-state index contributed by atoms with van der Waals surface area (Å²) in [6.45, 7) is 1.31. The van der Waals surface area contributed by atoms with E-state index in [1.54, 1.807) is 34.3 Å². The lowest BCUT2D eigenvalue weighted by atomic mass is 10.1. The minimum absolute atomic E-state index is 0.239. The van der Waals surface area contributed by atoms with Crippen molar-refractivity contribution in [2.45, 2.75) is 6.10 Å². The first-order chi connectivity index (χ1) is 12.0. The van der Waals surface area contributed by atoms with E-state index in [1.165, 1.54) is 12.1 Å². The van der Waals surface area contributed by atoms with Gasteiger partial charge in [-0.25, -0.2) is 19.2 Å². The molecule has 0 spiro atoms. The Morgan fingerprint density at radius 2 is 1.96 bits per heavy atom. The number of hydrogen-bond donors (Lipinski definition) is 1. The highest BCUT2D eigenvalue weighted by Gasteiger charge is 2.25. The maximum atomic E-state index is 13.0. The molecule has 7 nitrogen and oxygen atoms in total. The zero-order chi connectivity index (χ0) is 17.8. The fourth-order valence-corrected chi connectivity index (χ4v) is 2.53. The summed E-state index contributed by atoms with van der Waals surface area (Å²) in [5, 5.41) is 2.79. The van der Waals surface area contributed by atoms with E-state index in [4.69, 9.17) is 4.74 Å². The summed E-state index contributed by atoms with van der Waals surface area (Å²) in [6, 6.07) is 5.89. The average molecular weight is 345 g/mol. The Morgan fingerprint density at radius 3 is 2.60 bits per heavy atom. The molecule has 132 valence electrons. The van der Waals surface area contributed by atoms with Crippen LogP contribution in [0, 0.1) is 5.82 Å². The van der Waals surface area contributed by atoms with Crippen LogP contribution in [0.1, 0.15) is 11.7 Å². The maximum absolute atomic E-state index is 13.0. The van der Waals surface area contributed by atoms with Crippen LogP contribution in [0.4, 0.5) is 20.8 Å². The first-order valence-electron chi connectivity index (χ1n) is 7.95. The summed E-state index contributed by atoms with van der Waals surface area (Å²) in [4.78, 5) is 24.2. The van der Waals surface area contributed by atoms with Gasteiger partial charge in [0.1, 0.15) is 11.9 Å². The zero-order valence-electron chi connectivity index (χ0n) is 14.1. The Morgan fingerprint density at radius 1 is 1.28 bits per heavy atom. The topological polar surface area (TPSA) is 70.6 Å². The lowest BCUT2D eigenvalue weighted by Gasteiger charge is -2.33. The minimum Gasteiger partial charge on any atom is -0.370 e. The number of aromatic nitrogens is 2. The van der Waals surface area contributed by atoms with Crippen LogP contribution in [-0.2, 0) is 4.74 Å². The summed E-state index contributed by atoms with van der Waals surface area (Å²) in [7, 11) is 3.69. The van der Waals surface area contributed by atoms with Gasteiger partial charge in [0, 0.05) is 20.6 Å². The number of nitrogens with zero attached hydrogens (tertiary/aromatic N) is 4. The smallest absolute Gasteiger partial charge is 0.322 e. The Kier molecular flexibility index (Phi) is 5.08. The van der Waals surface area contributed by atoms with Crippen molar-refractivity contribution in [2.75, 3.05) is 44.0 Å². The number of carbonyl (C=O) groups excluding carboxylic acids is 1. The number of amides is 2. The van der Waals surface area contributed by atoms with Gasteiger partial charge in [-0.05, 0) is 17.7 Å². The van der Waals surface area contributed by atoms with Gasteiger partial charge in [0.2, 0.25) is 5.95 Å². The second kappa shape index (κ2) is 7.43. The first kappa shape index (κ1) is 17.1. The van der Waals surface area contributed by atoms with E-state index in [-0.39, 0.29) is 18.0 Å². The number of ether oxygens (including phenoxy) is 1. The molecule has 8 heteroatoms. The molecule has 1 unspecified atom stereocenters. The van der Waals surface area contributed by atoms with Gasteiger partial charge in [0.15, 0.2) is 0 Å². The van der Waals surface area contributed by atoms with Crippen molar-refractivity contribution in [3.8, 4) is 0 Å². The highest BCUT2D eigenvalue weighted by Crippen LogP contribution is 2.23. The lowest BCUT2D eigenvalue weighted by molar-refractivity contribution is -0.0135. The SMILES string of the molecule is CN(C)c1ncc(NC(=O)N2CCOC(c3ccc(F)cc3)C2)cn1. The number of halogens is 1. The van der Waals surface area contributed by atoms with Gasteiger partial charge in [-0.2, -0.15) is 0 Å². The summed E-state index contributed by atoms with van der Waals surface area (Å²) in [5.41, 5.74) is 1.37. The quantitative estimate of drug-likeness (QED) is 0.924. The molecular weight excluding hydrogens is 325 g/mol. The summed E-state index contributed by atoms with van der Waals surface area (Å²) < 4.78 is 18.8. The molecule has 1 aromatic heterocycles. The second-order valence-electron chi connectivity index (χ2n) is 5.95. The predicted molar refractivity (Wildman–Crippen MR) is 92.0 cm³/mol. The Labute approximate surface area is 145 Å². The molecule has 25 heavy (non-hydrogen) atoms. The molecular formula is C17H20FN5O2. The van der Waals surface area contributed by atoms with Crippen molar-refractivity contribution in [2.24, 2.45) is 0 Å². The number of anilines is 2. The molecule has 1 atom stereocenters. The molecule has 0 aliphatic carbocycles. The average Bonchev–Trinajstić information content (AvgIpc) is 2.63. The van der Waals surface area contributed by atoms with E-state index in [0.717, 1.165) is 5.56 Å². The lowest BCUT2D eigenvalue weighted by Crippen LogP contribution is -2.44. The molecule has 1 fully saturated rings. The second-order valence-corrected chi connectivity index (χ2v) is 5.95. The Balaban J connectivity index is 1.62. The van der Waals surface area contributed by atoms with Crippen LogP contribution in [0.3, 0.4) is 0 Å². The van der Waals surface area contributed by atoms with Gasteiger partial charge in [0.05, 0.1) is 31.2 Å². The van der Waals surface area contributed by atoms with E-state index >= 15 is 0 Å². The number of nitrogens with one attached hydrogen (secondary N) is 1. The monoisotopic (exact) mass is 345 g/mol. The van der Waals surface area contributed by atoms with Crippen LogP contribution < -0.4 is 10.2 Å². The third-order valence-electron chi connectivity index (χ3n) is 3.88. The van der Waals surface area contributed by atoms with E-state index in [1.807, 2.05) is 14.1 Å². The fraction of sp³-hybridized carbons (Fsp3) is 0.353. The van der Waals surface area contributed by atoms with Gasteiger partial charge in [0.25, 0.3) is 0 Å². The normalized spacial score (nSPS) is 17.2. The number of carbonyl (C=O) groups is 1. The van der Waals surface area contributed by atoms with Crippen molar-refractivity contribution < 1.29 is 13.9 Å². The molecule has 1 aliphatic heterocycles. The Bertz CT molecular complexity index is 721. The molecule has 2 heterocycles. The molecule has 1 saturated heterocycles. The van der Waals surface area contributed by atoms with Gasteiger partial charge in [-0.15, -0.1) is 0 Å². The summed E-state index contributed by atoms with van der Waals surface area (Å²) in [5.74, 6) is 0.274. The van der Waals surface area contributed by atoms with E-state index in [9.17, 15) is 9.18 Å². The van der Waals surface area contributed by atoms with E-state index in [0.29, 0.717) is 31.3 Å². The minimum atomic E-state index is -0.296. The largest absolute Gasteiger partial charge is 0.370 e. The molecule has 1 aromatic carbocycles. The van der Waals surface area contributed by atoms with Gasteiger partial charge < -0.3 is 19.9 Å². The Hall–Kier alpha value is -2.74. The van der Waals surface area contributed by atoms with Crippen LogP contribution in [0.5, 0.6) is 0 Å². The number of benzene rings is 1.